The Kier molecular flexibility index (Phi) is 9.76. The fourth-order valence-corrected chi connectivity index (χ4v) is 1.34. The summed E-state index contributed by atoms with van der Waals surface area (Å²) in [6.45, 7) is 0. The highest BCUT2D eigenvalue weighted by Crippen LogP contribution is 2.19. The van der Waals surface area contributed by atoms with Gasteiger partial charge in [-0.3, -0.25) is 5.41 Å². The molecule has 8 heteroatoms. The van der Waals surface area contributed by atoms with Crippen molar-refractivity contribution in [1.82, 2.24) is 9.97 Å². The van der Waals surface area contributed by atoms with Gasteiger partial charge in [0.05, 0.1) is 0 Å². The number of anilines is 2. The number of aromatic nitrogens is 2. The normalized spacial score (nSPS) is 8.21. The molecule has 0 saturated carbocycles. The highest BCUT2D eigenvalue weighted by atomic mass is 35.5. The number of hydrogen-bond acceptors (Lipinski definition) is 3. The third kappa shape index (κ3) is 4.90. The van der Waals surface area contributed by atoms with Crippen molar-refractivity contribution in [3.63, 3.8) is 0 Å². The van der Waals surface area contributed by atoms with E-state index in [1.807, 2.05) is 12.1 Å². The van der Waals surface area contributed by atoms with Crippen LogP contribution < -0.4 is 10.6 Å². The molecule has 104 valence electrons. The summed E-state index contributed by atoms with van der Waals surface area (Å²) in [5.41, 5.74) is 5.53. The molecule has 19 heavy (non-hydrogen) atoms. The number of guanidine groups is 1. The Morgan fingerprint density at radius 3 is 1.58 bits per heavy atom. The van der Waals surface area contributed by atoms with E-state index in [1.165, 1.54) is 4.90 Å². The van der Waals surface area contributed by atoms with Gasteiger partial charge in [-0.1, -0.05) is 12.1 Å². The number of rotatable bonds is 2. The summed E-state index contributed by atoms with van der Waals surface area (Å²) in [5.74, 6) is 1.04. The molecule has 2 aromatic heterocycles. The predicted molar refractivity (Wildman–Crippen MR) is 84.3 cm³/mol. The molecule has 0 unspecified atom stereocenters. The number of nitrogens with zero attached hydrogens (tertiary/aromatic N) is 3. The first-order valence-corrected chi connectivity index (χ1v) is 4.75. The zero-order valence-electron chi connectivity index (χ0n) is 9.76. The Hall–Kier alpha value is -1.56. The van der Waals surface area contributed by atoms with E-state index < -0.39 is 0 Å². The summed E-state index contributed by atoms with van der Waals surface area (Å²) in [6, 6.07) is 10.8. The number of halogens is 3. The molecule has 5 nitrogen and oxygen atoms in total. The third-order valence-electron chi connectivity index (χ3n) is 2.00. The predicted octanol–water partition coefficient (Wildman–Crippen LogP) is 2.77. The van der Waals surface area contributed by atoms with Gasteiger partial charge in [0.15, 0.2) is 5.96 Å². The van der Waals surface area contributed by atoms with E-state index in [0.717, 1.165) is 0 Å². The van der Waals surface area contributed by atoms with E-state index in [4.69, 9.17) is 11.1 Å². The summed E-state index contributed by atoms with van der Waals surface area (Å²) >= 11 is 0. The molecule has 0 aliphatic rings. The molecule has 2 aromatic rings. The molecular weight excluding hydrogens is 309 g/mol. The van der Waals surface area contributed by atoms with Gasteiger partial charge in [0.1, 0.15) is 11.6 Å². The fraction of sp³-hybridized carbons (Fsp3) is 0. The summed E-state index contributed by atoms with van der Waals surface area (Å²) in [4.78, 5) is 9.76. The molecule has 2 heterocycles. The van der Waals surface area contributed by atoms with Crippen LogP contribution in [0.4, 0.5) is 11.6 Å². The molecular formula is C11H14Cl3N5. The Labute approximate surface area is 130 Å². The molecule has 0 atom stereocenters. The minimum absolute atomic E-state index is 0. The first-order valence-electron chi connectivity index (χ1n) is 4.75. The van der Waals surface area contributed by atoms with Crippen molar-refractivity contribution in [3.05, 3.63) is 48.8 Å². The molecule has 0 bridgehead atoms. The largest absolute Gasteiger partial charge is 0.369 e. The lowest BCUT2D eigenvalue weighted by molar-refractivity contribution is 1.13. The maximum atomic E-state index is 7.55. The van der Waals surface area contributed by atoms with Gasteiger partial charge in [0.2, 0.25) is 0 Å². The maximum Gasteiger partial charge on any atom is 0.200 e. The fourth-order valence-electron chi connectivity index (χ4n) is 1.34. The van der Waals surface area contributed by atoms with Gasteiger partial charge in [-0.2, -0.15) is 0 Å². The van der Waals surface area contributed by atoms with Crippen LogP contribution in [0.25, 0.3) is 0 Å². The van der Waals surface area contributed by atoms with Gasteiger partial charge in [0.25, 0.3) is 0 Å². The molecule has 0 saturated heterocycles. The maximum absolute atomic E-state index is 7.55. The third-order valence-corrected chi connectivity index (χ3v) is 2.00. The summed E-state index contributed by atoms with van der Waals surface area (Å²) < 4.78 is 0. The second-order valence-corrected chi connectivity index (χ2v) is 3.10. The van der Waals surface area contributed by atoms with Gasteiger partial charge in [-0.15, -0.1) is 37.2 Å². The van der Waals surface area contributed by atoms with E-state index in [2.05, 4.69) is 9.97 Å². The standard InChI is InChI=1S/C11H11N5.3ClH/c12-11(13)16(9-5-1-3-7-14-9)10-6-2-4-8-15-10;;;/h1-8H,(H3,12,13);3*1H. The van der Waals surface area contributed by atoms with Crippen molar-refractivity contribution in [2.75, 3.05) is 4.90 Å². The minimum Gasteiger partial charge on any atom is -0.369 e. The lowest BCUT2D eigenvalue weighted by atomic mass is 10.4. The highest BCUT2D eigenvalue weighted by molar-refractivity contribution is 5.97. The van der Waals surface area contributed by atoms with Crippen LogP contribution in [0.5, 0.6) is 0 Å². The van der Waals surface area contributed by atoms with Crippen molar-refractivity contribution in [3.8, 4) is 0 Å². The Morgan fingerprint density at radius 1 is 0.895 bits per heavy atom. The highest BCUT2D eigenvalue weighted by Gasteiger charge is 2.13. The van der Waals surface area contributed by atoms with Gasteiger partial charge in [-0.05, 0) is 24.3 Å². The average molecular weight is 323 g/mol. The molecule has 3 N–H and O–H groups in total. The van der Waals surface area contributed by atoms with Gasteiger partial charge in [0, 0.05) is 12.4 Å². The molecule has 0 aliphatic heterocycles. The molecule has 0 fully saturated rings. The second-order valence-electron chi connectivity index (χ2n) is 3.10. The molecule has 0 amide bonds. The van der Waals surface area contributed by atoms with Crippen LogP contribution in [0, 0.1) is 5.41 Å². The lowest BCUT2D eigenvalue weighted by Crippen LogP contribution is -2.33. The number of hydrogen-bond donors (Lipinski definition) is 2. The van der Waals surface area contributed by atoms with Crippen LogP contribution in [-0.4, -0.2) is 15.9 Å². The van der Waals surface area contributed by atoms with Crippen LogP contribution in [0.1, 0.15) is 0 Å². The minimum atomic E-state index is -0.114. The monoisotopic (exact) mass is 321 g/mol. The van der Waals surface area contributed by atoms with Gasteiger partial charge in [-0.25, -0.2) is 14.9 Å². The molecule has 0 spiro atoms. The van der Waals surface area contributed by atoms with Crippen molar-refractivity contribution in [1.29, 1.82) is 5.41 Å². The summed E-state index contributed by atoms with van der Waals surface area (Å²) in [5, 5.41) is 7.55. The van der Waals surface area contributed by atoms with E-state index in [9.17, 15) is 0 Å². The van der Waals surface area contributed by atoms with Crippen molar-refractivity contribution >= 4 is 54.8 Å². The van der Waals surface area contributed by atoms with E-state index in [-0.39, 0.29) is 43.2 Å². The van der Waals surface area contributed by atoms with E-state index >= 15 is 0 Å². The number of nitrogens with two attached hydrogens (primary N) is 1. The molecule has 0 aromatic carbocycles. The van der Waals surface area contributed by atoms with Crippen LogP contribution in [0.3, 0.4) is 0 Å². The van der Waals surface area contributed by atoms with Crippen LogP contribution in [0.15, 0.2) is 48.8 Å². The smallest absolute Gasteiger partial charge is 0.200 e. The molecule has 0 radical (unpaired) electrons. The summed E-state index contributed by atoms with van der Waals surface area (Å²) in [6.07, 6.45) is 3.29. The van der Waals surface area contributed by atoms with Gasteiger partial charge < -0.3 is 5.73 Å². The van der Waals surface area contributed by atoms with Crippen LogP contribution in [-0.2, 0) is 0 Å². The van der Waals surface area contributed by atoms with E-state index in [1.54, 1.807) is 36.7 Å². The number of pyridine rings is 2. The summed E-state index contributed by atoms with van der Waals surface area (Å²) in [7, 11) is 0. The Balaban J connectivity index is 0. The number of nitrogens with one attached hydrogen (secondary N) is 1. The van der Waals surface area contributed by atoms with Gasteiger partial charge >= 0.3 is 0 Å². The van der Waals surface area contributed by atoms with Crippen LogP contribution in [0.2, 0.25) is 0 Å². The topological polar surface area (TPSA) is 78.9 Å². The average Bonchev–Trinajstić information content (AvgIpc) is 2.31. The van der Waals surface area contributed by atoms with E-state index in [0.29, 0.717) is 11.6 Å². The van der Waals surface area contributed by atoms with Crippen molar-refractivity contribution in [2.24, 2.45) is 5.73 Å². The Morgan fingerprint density at radius 2 is 1.32 bits per heavy atom. The zero-order valence-corrected chi connectivity index (χ0v) is 12.2. The quantitative estimate of drug-likeness (QED) is 0.658. The first kappa shape index (κ1) is 19.8. The Bertz CT molecular complexity index is 441. The van der Waals surface area contributed by atoms with Crippen molar-refractivity contribution < 1.29 is 0 Å². The van der Waals surface area contributed by atoms with Crippen molar-refractivity contribution in [2.45, 2.75) is 0 Å². The first-order chi connectivity index (χ1) is 7.79. The van der Waals surface area contributed by atoms with Crippen LogP contribution >= 0.6 is 37.2 Å². The SMILES string of the molecule is Cl.Cl.Cl.N=C(N)N(c1ccccn1)c1ccccn1. The molecule has 2 rings (SSSR count). The lowest BCUT2D eigenvalue weighted by Gasteiger charge is -2.19. The zero-order chi connectivity index (χ0) is 11.4. The second kappa shape index (κ2) is 9.38. The molecule has 0 aliphatic carbocycles.